The highest BCUT2D eigenvalue weighted by Gasteiger charge is 2.39. The number of hydrogen-bond donors (Lipinski definition) is 0. The molecule has 0 aromatic carbocycles. The van der Waals surface area contributed by atoms with Gasteiger partial charge in [0, 0.05) is 22.6 Å². The lowest BCUT2D eigenvalue weighted by Crippen LogP contribution is -2.08. The van der Waals surface area contributed by atoms with Gasteiger partial charge in [-0.05, 0) is 0 Å². The normalized spacial score (nSPS) is 12.9. The first-order valence-electron chi connectivity index (χ1n) is 1.19. The predicted octanol–water partition coefficient (Wildman–Crippen LogP) is 2.44. The number of alkyl halides is 3. The van der Waals surface area contributed by atoms with Crippen LogP contribution in [0.15, 0.2) is 0 Å². The zero-order chi connectivity index (χ0) is 6.08. The van der Waals surface area contributed by atoms with E-state index < -0.39 is 10.4 Å². The molecule has 0 rings (SSSR count). The van der Waals surface area contributed by atoms with Gasteiger partial charge in [-0.25, -0.2) is 0 Å². The van der Waals surface area contributed by atoms with E-state index in [0.29, 0.717) is 22.6 Å². The Hall–Kier alpha value is 0.450. The molecule has 0 atom stereocenters. The van der Waals surface area contributed by atoms with E-state index >= 15 is 0 Å². The summed E-state index contributed by atoms with van der Waals surface area (Å²) in [6.07, 6.45) is -2.85. The third-order valence-electron chi connectivity index (χ3n) is 0.214. The summed E-state index contributed by atoms with van der Waals surface area (Å²) in [5.41, 5.74) is 0. The molecular formula is C2F4I. The fourth-order valence-electron chi connectivity index (χ4n) is 0. The summed E-state index contributed by atoms with van der Waals surface area (Å²) >= 11 is 0.346. The lowest BCUT2D eigenvalue weighted by molar-refractivity contribution is 0.0396. The van der Waals surface area contributed by atoms with Gasteiger partial charge < -0.3 is 0 Å². The molecule has 43 valence electrons. The molecule has 7 heavy (non-hydrogen) atoms. The van der Waals surface area contributed by atoms with Gasteiger partial charge in [-0.1, -0.05) is 0 Å². The second kappa shape index (κ2) is 2.15. The van der Waals surface area contributed by atoms with Gasteiger partial charge in [0.2, 0.25) is 0 Å². The molecule has 0 aliphatic carbocycles. The van der Waals surface area contributed by atoms with Gasteiger partial charge >= 0.3 is 10.4 Å². The molecule has 0 bridgehead atoms. The third kappa shape index (κ3) is 3.07. The fraction of sp³-hybridized carbons (Fsp3) is 0.500. The van der Waals surface area contributed by atoms with E-state index in [-0.39, 0.29) is 0 Å². The summed E-state index contributed by atoms with van der Waals surface area (Å²) in [4.78, 5) is 0. The summed E-state index contributed by atoms with van der Waals surface area (Å²) in [6.45, 7) is 0. The van der Waals surface area contributed by atoms with Crippen molar-refractivity contribution in [1.82, 2.24) is 0 Å². The quantitative estimate of drug-likeness (QED) is 0.366. The molecule has 0 nitrogen and oxygen atoms in total. The molecule has 0 aliphatic heterocycles. The molecule has 0 N–H and O–H groups in total. The summed E-state index contributed by atoms with van der Waals surface area (Å²) < 4.78 is 39.5. The minimum Gasteiger partial charge on any atom is -0.191 e. The highest BCUT2D eigenvalue weighted by atomic mass is 127. The average Bonchev–Trinajstić information content (AvgIpc) is 1.31. The van der Waals surface area contributed by atoms with Crippen LogP contribution in [-0.4, -0.2) is 3.93 Å². The highest BCUT2D eigenvalue weighted by molar-refractivity contribution is 14.1. The van der Waals surface area contributed by atoms with Gasteiger partial charge in [0.1, 0.15) is 0 Å². The van der Waals surface area contributed by atoms with Crippen LogP contribution in [0, 0.1) is 6.43 Å². The van der Waals surface area contributed by atoms with Crippen molar-refractivity contribution in [3.63, 3.8) is 0 Å². The van der Waals surface area contributed by atoms with Crippen molar-refractivity contribution in [2.45, 2.75) is 3.93 Å². The van der Waals surface area contributed by atoms with Gasteiger partial charge in [-0.3, -0.25) is 0 Å². The number of hydrogen-bond acceptors (Lipinski definition) is 0. The Morgan fingerprint density at radius 3 is 1.43 bits per heavy atom. The van der Waals surface area contributed by atoms with E-state index in [0.717, 1.165) is 0 Å². The minimum atomic E-state index is -3.95. The highest BCUT2D eigenvalue weighted by Crippen LogP contribution is 2.35. The zero-order valence-corrected chi connectivity index (χ0v) is 5.05. The molecule has 0 aromatic heterocycles. The van der Waals surface area contributed by atoms with Crippen LogP contribution < -0.4 is 0 Å². The first kappa shape index (κ1) is 7.45. The molecule has 0 saturated heterocycles. The van der Waals surface area contributed by atoms with E-state index in [2.05, 4.69) is 0 Å². The molecular weight excluding hydrogens is 227 g/mol. The summed E-state index contributed by atoms with van der Waals surface area (Å²) in [5, 5.41) is 0. The molecule has 0 aliphatic rings. The van der Waals surface area contributed by atoms with Crippen molar-refractivity contribution >= 4 is 22.6 Å². The van der Waals surface area contributed by atoms with Crippen LogP contribution in [0.25, 0.3) is 0 Å². The zero-order valence-electron chi connectivity index (χ0n) is 2.89. The monoisotopic (exact) mass is 227 g/mol. The van der Waals surface area contributed by atoms with E-state index in [4.69, 9.17) is 0 Å². The second-order valence-corrected chi connectivity index (χ2v) is 2.11. The smallest absolute Gasteiger partial charge is 0.191 e. The summed E-state index contributed by atoms with van der Waals surface area (Å²) in [7, 11) is 0. The average molecular weight is 227 g/mol. The Morgan fingerprint density at radius 2 is 1.43 bits per heavy atom. The first-order valence-corrected chi connectivity index (χ1v) is 2.27. The van der Waals surface area contributed by atoms with Crippen LogP contribution >= 0.6 is 22.6 Å². The Bertz CT molecular complexity index is 55.2. The molecule has 0 aromatic rings. The maximum atomic E-state index is 11.0. The van der Waals surface area contributed by atoms with E-state index in [1.165, 1.54) is 0 Å². The Morgan fingerprint density at radius 1 is 1.29 bits per heavy atom. The minimum absolute atomic E-state index is 0.346. The van der Waals surface area contributed by atoms with Crippen molar-refractivity contribution in [2.75, 3.05) is 0 Å². The second-order valence-electron chi connectivity index (χ2n) is 0.758. The number of halogens is 5. The van der Waals surface area contributed by atoms with Crippen LogP contribution in [0.1, 0.15) is 0 Å². The van der Waals surface area contributed by atoms with Crippen LogP contribution in [0.3, 0.4) is 0 Å². The van der Waals surface area contributed by atoms with Gasteiger partial charge in [0.15, 0.2) is 0 Å². The van der Waals surface area contributed by atoms with Gasteiger partial charge in [-0.2, -0.15) is 17.6 Å². The van der Waals surface area contributed by atoms with Crippen molar-refractivity contribution in [2.24, 2.45) is 0 Å². The largest absolute Gasteiger partial charge is 0.388 e. The van der Waals surface area contributed by atoms with Crippen molar-refractivity contribution < 1.29 is 17.6 Å². The Kier molecular flexibility index (Phi) is 2.28. The Balaban J connectivity index is 3.54. The molecule has 0 fully saturated rings. The van der Waals surface area contributed by atoms with Crippen LogP contribution in [0.5, 0.6) is 0 Å². The van der Waals surface area contributed by atoms with Gasteiger partial charge in [-0.15, -0.1) is 0 Å². The van der Waals surface area contributed by atoms with Crippen molar-refractivity contribution in [3.05, 3.63) is 6.43 Å². The summed E-state index contributed by atoms with van der Waals surface area (Å²) in [6, 6.07) is 0. The lowest BCUT2D eigenvalue weighted by Gasteiger charge is -2.01. The number of rotatable bonds is 1. The molecule has 5 heteroatoms. The topological polar surface area (TPSA) is 0 Å². The van der Waals surface area contributed by atoms with Crippen LogP contribution in [0.4, 0.5) is 17.6 Å². The Labute approximate surface area is 51.0 Å². The molecule has 0 amide bonds. The van der Waals surface area contributed by atoms with E-state index in [9.17, 15) is 17.6 Å². The maximum Gasteiger partial charge on any atom is 0.388 e. The van der Waals surface area contributed by atoms with Crippen molar-refractivity contribution in [1.29, 1.82) is 0 Å². The van der Waals surface area contributed by atoms with E-state index in [1.54, 1.807) is 0 Å². The first-order chi connectivity index (χ1) is 2.94. The molecule has 0 spiro atoms. The van der Waals surface area contributed by atoms with Gasteiger partial charge in [0.25, 0.3) is 0 Å². The van der Waals surface area contributed by atoms with E-state index in [1.807, 2.05) is 0 Å². The molecule has 0 unspecified atom stereocenters. The molecule has 1 radical (unpaired) electrons. The van der Waals surface area contributed by atoms with Crippen LogP contribution in [0.2, 0.25) is 0 Å². The summed E-state index contributed by atoms with van der Waals surface area (Å²) in [5.74, 6) is 0. The fourth-order valence-corrected chi connectivity index (χ4v) is 0. The third-order valence-corrected chi connectivity index (χ3v) is 0.622. The molecule has 0 heterocycles. The van der Waals surface area contributed by atoms with Crippen LogP contribution in [-0.2, 0) is 0 Å². The molecule has 0 saturated carbocycles. The lowest BCUT2D eigenvalue weighted by atomic mass is 10.8. The van der Waals surface area contributed by atoms with Crippen molar-refractivity contribution in [3.8, 4) is 0 Å². The predicted molar refractivity (Wildman–Crippen MR) is 24.4 cm³/mol. The standard InChI is InChI=1S/C2F4I/c3-1(4)2(5,6)7. The van der Waals surface area contributed by atoms with Gasteiger partial charge in [0.05, 0.1) is 0 Å². The SMILES string of the molecule is F[C](F)C(F)(F)I. The maximum absolute atomic E-state index is 11.0.